The molecule has 1 aliphatic carbocycles. The zero-order chi connectivity index (χ0) is 14.4. The molecule has 0 aliphatic heterocycles. The van der Waals surface area contributed by atoms with Crippen molar-refractivity contribution in [2.75, 3.05) is 19.7 Å². The van der Waals surface area contributed by atoms with Crippen LogP contribution in [0.25, 0.3) is 0 Å². The van der Waals surface area contributed by atoms with Crippen LogP contribution in [0.4, 0.5) is 0 Å². The van der Waals surface area contributed by atoms with Crippen LogP contribution < -0.4 is 11.1 Å². The number of nitrogens with one attached hydrogen (secondary N) is 1. The van der Waals surface area contributed by atoms with E-state index in [1.807, 2.05) is 13.8 Å². The Balaban J connectivity index is 0.00000361. The fourth-order valence-electron chi connectivity index (χ4n) is 3.29. The normalized spacial score (nSPS) is 17.6. The fraction of sp³-hybridized carbons (Fsp3) is 0.933. The number of nitrogens with two attached hydrogens (primary N) is 1. The van der Waals surface area contributed by atoms with Crippen molar-refractivity contribution >= 4 is 18.3 Å². The molecular weight excluding hydrogens is 276 g/mol. The summed E-state index contributed by atoms with van der Waals surface area (Å²) in [6.45, 7) is 5.34. The minimum atomic E-state index is -0.418. The second kappa shape index (κ2) is 8.85. The molecule has 0 aromatic heterocycles. The predicted octanol–water partition coefficient (Wildman–Crippen LogP) is 2.23. The van der Waals surface area contributed by atoms with Crippen molar-refractivity contribution in [1.29, 1.82) is 0 Å². The Kier molecular flexibility index (Phi) is 8.71. The number of amides is 1. The predicted molar refractivity (Wildman–Crippen MR) is 84.9 cm³/mol. The molecule has 0 heterocycles. The molecule has 1 aliphatic rings. The van der Waals surface area contributed by atoms with Gasteiger partial charge in [0.05, 0.1) is 5.41 Å². The highest BCUT2D eigenvalue weighted by Gasteiger charge is 2.37. The van der Waals surface area contributed by atoms with E-state index < -0.39 is 5.41 Å². The lowest BCUT2D eigenvalue weighted by molar-refractivity contribution is -0.131. The number of carbonyl (C=O) groups excluding carboxylic acids is 1. The van der Waals surface area contributed by atoms with Gasteiger partial charge in [0.15, 0.2) is 0 Å². The molecule has 1 rings (SSSR count). The maximum absolute atomic E-state index is 12.4. The minimum Gasteiger partial charge on any atom is -0.396 e. The van der Waals surface area contributed by atoms with Crippen molar-refractivity contribution < 1.29 is 9.90 Å². The molecule has 0 saturated heterocycles. The monoisotopic (exact) mass is 306 g/mol. The number of aliphatic hydroxyl groups excluding tert-OH is 1. The summed E-state index contributed by atoms with van der Waals surface area (Å²) in [5.74, 6) is 0.0872. The standard InChI is InChI=1S/C15H30N2O2.ClH/c1-3-15(4-2,11-16)13(19)17-12-14(9-10-18)7-5-6-8-14;/h18H,3-12,16H2,1-2H3,(H,17,19);1H. The number of halogens is 1. The largest absolute Gasteiger partial charge is 0.396 e. The Morgan fingerprint density at radius 1 is 1.30 bits per heavy atom. The fourth-order valence-corrected chi connectivity index (χ4v) is 3.29. The molecule has 0 radical (unpaired) electrons. The van der Waals surface area contributed by atoms with Crippen molar-refractivity contribution in [3.63, 3.8) is 0 Å². The van der Waals surface area contributed by atoms with Crippen LogP contribution in [-0.2, 0) is 4.79 Å². The summed E-state index contributed by atoms with van der Waals surface area (Å²) in [5, 5.41) is 12.3. The Labute approximate surface area is 129 Å². The van der Waals surface area contributed by atoms with Crippen LogP contribution in [0.5, 0.6) is 0 Å². The van der Waals surface area contributed by atoms with Gasteiger partial charge in [-0.25, -0.2) is 0 Å². The van der Waals surface area contributed by atoms with Crippen LogP contribution in [0, 0.1) is 10.8 Å². The van der Waals surface area contributed by atoms with Crippen molar-refractivity contribution in [3.05, 3.63) is 0 Å². The summed E-state index contributed by atoms with van der Waals surface area (Å²) >= 11 is 0. The molecule has 0 bridgehead atoms. The molecule has 1 fully saturated rings. The van der Waals surface area contributed by atoms with Crippen LogP contribution in [-0.4, -0.2) is 30.7 Å². The van der Waals surface area contributed by atoms with E-state index in [4.69, 9.17) is 5.73 Å². The summed E-state index contributed by atoms with van der Waals surface area (Å²) in [5.41, 5.74) is 5.50. The van der Waals surface area contributed by atoms with Crippen molar-refractivity contribution in [2.24, 2.45) is 16.6 Å². The maximum Gasteiger partial charge on any atom is 0.227 e. The third-order valence-corrected chi connectivity index (χ3v) is 5.16. The van der Waals surface area contributed by atoms with E-state index in [9.17, 15) is 9.90 Å². The zero-order valence-electron chi connectivity index (χ0n) is 12.9. The number of hydrogen-bond acceptors (Lipinski definition) is 3. The van der Waals surface area contributed by atoms with E-state index in [1.165, 1.54) is 12.8 Å². The van der Waals surface area contributed by atoms with E-state index in [0.717, 1.165) is 32.1 Å². The van der Waals surface area contributed by atoms with E-state index in [2.05, 4.69) is 5.32 Å². The second-order valence-electron chi connectivity index (χ2n) is 6.05. The van der Waals surface area contributed by atoms with Gasteiger partial charge in [0.1, 0.15) is 0 Å². The molecule has 0 aromatic carbocycles. The number of rotatable bonds is 8. The van der Waals surface area contributed by atoms with E-state index in [0.29, 0.717) is 13.1 Å². The molecule has 0 atom stereocenters. The van der Waals surface area contributed by atoms with Gasteiger partial charge in [-0.1, -0.05) is 26.7 Å². The van der Waals surface area contributed by atoms with Crippen molar-refractivity contribution in [1.82, 2.24) is 5.32 Å². The maximum atomic E-state index is 12.4. The second-order valence-corrected chi connectivity index (χ2v) is 6.05. The molecule has 20 heavy (non-hydrogen) atoms. The highest BCUT2D eigenvalue weighted by molar-refractivity contribution is 5.85. The summed E-state index contributed by atoms with van der Waals surface area (Å²) in [6, 6.07) is 0. The molecule has 1 amide bonds. The Morgan fingerprint density at radius 2 is 1.85 bits per heavy atom. The molecule has 0 unspecified atom stereocenters. The summed E-state index contributed by atoms with van der Waals surface area (Å²) < 4.78 is 0. The Morgan fingerprint density at radius 3 is 2.25 bits per heavy atom. The van der Waals surface area contributed by atoms with Crippen molar-refractivity contribution in [3.8, 4) is 0 Å². The molecule has 0 aromatic rings. The molecule has 5 heteroatoms. The molecule has 4 nitrogen and oxygen atoms in total. The summed E-state index contributed by atoms with van der Waals surface area (Å²) in [7, 11) is 0. The van der Waals surface area contributed by atoms with Gasteiger partial charge in [-0.3, -0.25) is 4.79 Å². The van der Waals surface area contributed by atoms with Crippen LogP contribution in [0.3, 0.4) is 0 Å². The van der Waals surface area contributed by atoms with Crippen molar-refractivity contribution in [2.45, 2.75) is 58.8 Å². The molecule has 120 valence electrons. The lowest BCUT2D eigenvalue weighted by Crippen LogP contribution is -2.48. The van der Waals surface area contributed by atoms with Gasteiger partial charge in [0, 0.05) is 19.7 Å². The first-order valence-electron chi connectivity index (χ1n) is 7.67. The minimum absolute atomic E-state index is 0. The average molecular weight is 307 g/mol. The molecule has 4 N–H and O–H groups in total. The van der Waals surface area contributed by atoms with Gasteiger partial charge in [0.2, 0.25) is 5.91 Å². The third kappa shape index (κ3) is 4.34. The van der Waals surface area contributed by atoms with Gasteiger partial charge < -0.3 is 16.2 Å². The van der Waals surface area contributed by atoms with E-state index in [-0.39, 0.29) is 30.3 Å². The highest BCUT2D eigenvalue weighted by Crippen LogP contribution is 2.40. The zero-order valence-corrected chi connectivity index (χ0v) is 13.7. The van der Waals surface area contributed by atoms with E-state index >= 15 is 0 Å². The van der Waals surface area contributed by atoms with Crippen LogP contribution in [0.2, 0.25) is 0 Å². The highest BCUT2D eigenvalue weighted by atomic mass is 35.5. The molecule has 0 spiro atoms. The molecular formula is C15H31ClN2O2. The van der Waals surface area contributed by atoms with Crippen LogP contribution >= 0.6 is 12.4 Å². The Bertz CT molecular complexity index is 279. The van der Waals surface area contributed by atoms with Gasteiger partial charge in [-0.2, -0.15) is 0 Å². The first-order valence-corrected chi connectivity index (χ1v) is 7.67. The average Bonchev–Trinajstić information content (AvgIpc) is 2.89. The quantitative estimate of drug-likeness (QED) is 0.644. The first kappa shape index (κ1) is 19.7. The SMILES string of the molecule is CCC(CC)(CN)C(=O)NCC1(CCO)CCCC1.Cl. The topological polar surface area (TPSA) is 75.4 Å². The lowest BCUT2D eigenvalue weighted by Gasteiger charge is -2.33. The van der Waals surface area contributed by atoms with Crippen LogP contribution in [0.15, 0.2) is 0 Å². The van der Waals surface area contributed by atoms with Gasteiger partial charge in [-0.15, -0.1) is 12.4 Å². The number of aliphatic hydroxyl groups is 1. The first-order chi connectivity index (χ1) is 9.08. The van der Waals surface area contributed by atoms with E-state index in [1.54, 1.807) is 0 Å². The smallest absolute Gasteiger partial charge is 0.227 e. The summed E-state index contributed by atoms with van der Waals surface area (Å²) in [4.78, 5) is 12.4. The molecule has 1 saturated carbocycles. The third-order valence-electron chi connectivity index (χ3n) is 5.16. The van der Waals surface area contributed by atoms with Crippen LogP contribution in [0.1, 0.15) is 58.8 Å². The number of hydrogen-bond donors (Lipinski definition) is 3. The van der Waals surface area contributed by atoms with Gasteiger partial charge >= 0.3 is 0 Å². The lowest BCUT2D eigenvalue weighted by atomic mass is 9.79. The Hall–Kier alpha value is -0.320. The van der Waals surface area contributed by atoms with Gasteiger partial charge in [0.25, 0.3) is 0 Å². The van der Waals surface area contributed by atoms with Gasteiger partial charge in [-0.05, 0) is 37.5 Å². The number of carbonyl (C=O) groups is 1. The summed E-state index contributed by atoms with van der Waals surface area (Å²) in [6.07, 6.45) is 6.99.